The van der Waals surface area contributed by atoms with E-state index in [4.69, 9.17) is 4.74 Å². The summed E-state index contributed by atoms with van der Waals surface area (Å²) >= 11 is 0. The summed E-state index contributed by atoms with van der Waals surface area (Å²) < 4.78 is 19.7. The van der Waals surface area contributed by atoms with Crippen molar-refractivity contribution in [3.63, 3.8) is 0 Å². The number of amides is 1. The van der Waals surface area contributed by atoms with Gasteiger partial charge >= 0.3 is 0 Å². The van der Waals surface area contributed by atoms with Gasteiger partial charge in [0.05, 0.1) is 17.9 Å². The van der Waals surface area contributed by atoms with Crippen LogP contribution in [0, 0.1) is 24.6 Å². The molecule has 0 aliphatic carbocycles. The van der Waals surface area contributed by atoms with Gasteiger partial charge in [0.25, 0.3) is 5.91 Å². The van der Waals surface area contributed by atoms with E-state index < -0.39 is 0 Å². The topological polar surface area (TPSA) is 67.4 Å². The summed E-state index contributed by atoms with van der Waals surface area (Å²) in [6.45, 7) is 4.02. The van der Waals surface area contributed by atoms with Crippen molar-refractivity contribution in [3.05, 3.63) is 53.7 Å². The van der Waals surface area contributed by atoms with E-state index in [0.717, 1.165) is 31.7 Å². The summed E-state index contributed by atoms with van der Waals surface area (Å²) in [6.07, 6.45) is 7.46. The Morgan fingerprint density at radius 1 is 1.43 bits per heavy atom. The molecule has 5 rings (SSSR count). The molecular formula is C21H23FN4O2. The van der Waals surface area contributed by atoms with Gasteiger partial charge in [-0.2, -0.15) is 0 Å². The number of hydrogen-bond donors (Lipinski definition) is 1. The zero-order valence-electron chi connectivity index (χ0n) is 15.8. The number of carbonyl (C=O) groups excluding carboxylic acids is 1. The van der Waals surface area contributed by atoms with Crippen LogP contribution in [0.15, 0.2) is 36.8 Å². The van der Waals surface area contributed by atoms with Gasteiger partial charge in [-0.1, -0.05) is 0 Å². The highest BCUT2D eigenvalue weighted by Gasteiger charge is 2.63. The average Bonchev–Trinajstić information content (AvgIpc) is 3.35. The van der Waals surface area contributed by atoms with Gasteiger partial charge in [-0.05, 0) is 43.5 Å². The molecule has 146 valence electrons. The molecule has 1 spiro atoms. The average molecular weight is 382 g/mol. The number of anilines is 1. The minimum absolute atomic E-state index is 0.136. The van der Waals surface area contributed by atoms with E-state index in [1.165, 1.54) is 12.1 Å². The Morgan fingerprint density at radius 3 is 3.11 bits per heavy atom. The summed E-state index contributed by atoms with van der Waals surface area (Å²) in [4.78, 5) is 23.5. The maximum Gasteiger partial charge on any atom is 0.251 e. The Labute approximate surface area is 163 Å². The van der Waals surface area contributed by atoms with Crippen molar-refractivity contribution in [2.75, 3.05) is 24.5 Å². The second-order valence-electron chi connectivity index (χ2n) is 8.14. The van der Waals surface area contributed by atoms with Crippen LogP contribution in [0.4, 0.5) is 10.2 Å². The summed E-state index contributed by atoms with van der Waals surface area (Å²) in [5.41, 5.74) is 1.03. The van der Waals surface area contributed by atoms with Crippen LogP contribution in [0.1, 0.15) is 28.8 Å². The van der Waals surface area contributed by atoms with Gasteiger partial charge in [-0.3, -0.25) is 9.78 Å². The Hall–Kier alpha value is -2.54. The number of aromatic nitrogens is 2. The van der Waals surface area contributed by atoms with E-state index in [-0.39, 0.29) is 29.3 Å². The number of aryl methyl sites for hydroxylation is 1. The van der Waals surface area contributed by atoms with Gasteiger partial charge in [0.15, 0.2) is 0 Å². The molecule has 1 amide bonds. The molecule has 3 aliphatic heterocycles. The van der Waals surface area contributed by atoms with Crippen LogP contribution in [0.3, 0.4) is 0 Å². The molecule has 3 aliphatic rings. The van der Waals surface area contributed by atoms with Crippen LogP contribution in [0.5, 0.6) is 0 Å². The van der Waals surface area contributed by atoms with Crippen molar-refractivity contribution in [1.29, 1.82) is 0 Å². The largest absolute Gasteiger partial charge is 0.369 e. The van der Waals surface area contributed by atoms with Gasteiger partial charge in [-0.15, -0.1) is 0 Å². The predicted octanol–water partition coefficient (Wildman–Crippen LogP) is 2.34. The number of fused-ring (bicyclic) bond motifs is 1. The number of halogens is 1. The standard InChI is InChI=1S/C21H23FN4O2/c1-13-8-14(22)2-3-15(13)20(27)25-9-16-17-11-26(19-10-23-6-7-24-19)12-21(17)5-4-18(16)28-21/h2-3,6-8,10,16-18H,4-5,9,11-12H2,1H3,(H,25,27)/t16-,17+,18+,21+/m0/s1. The molecule has 1 N–H and O–H groups in total. The summed E-state index contributed by atoms with van der Waals surface area (Å²) in [5, 5.41) is 3.06. The fourth-order valence-electron chi connectivity index (χ4n) is 5.28. The molecule has 4 heterocycles. The number of ether oxygens (including phenoxy) is 1. The normalized spacial score (nSPS) is 30.5. The third-order valence-electron chi connectivity index (χ3n) is 6.59. The number of rotatable bonds is 4. The Bertz CT molecular complexity index is 909. The van der Waals surface area contributed by atoms with E-state index in [9.17, 15) is 9.18 Å². The Morgan fingerprint density at radius 2 is 2.32 bits per heavy atom. The maximum absolute atomic E-state index is 13.3. The van der Waals surface area contributed by atoms with Gasteiger partial charge in [0, 0.05) is 49.4 Å². The van der Waals surface area contributed by atoms with E-state index in [1.54, 1.807) is 31.6 Å². The van der Waals surface area contributed by atoms with E-state index in [0.29, 0.717) is 23.6 Å². The first kappa shape index (κ1) is 17.6. The lowest BCUT2D eigenvalue weighted by atomic mass is 9.73. The minimum atomic E-state index is -0.326. The first-order valence-corrected chi connectivity index (χ1v) is 9.79. The molecule has 1 aromatic heterocycles. The van der Waals surface area contributed by atoms with Gasteiger partial charge in [0.2, 0.25) is 0 Å². The molecule has 3 fully saturated rings. The molecule has 0 saturated carbocycles. The van der Waals surface area contributed by atoms with Crippen molar-refractivity contribution in [2.24, 2.45) is 11.8 Å². The highest BCUT2D eigenvalue weighted by molar-refractivity contribution is 5.95. The van der Waals surface area contributed by atoms with Crippen LogP contribution in [0.25, 0.3) is 0 Å². The maximum atomic E-state index is 13.3. The van der Waals surface area contributed by atoms with E-state index in [1.807, 2.05) is 0 Å². The molecule has 3 saturated heterocycles. The fraction of sp³-hybridized carbons (Fsp3) is 0.476. The lowest BCUT2D eigenvalue weighted by Crippen LogP contribution is -2.42. The van der Waals surface area contributed by atoms with Crippen LogP contribution in [-0.4, -0.2) is 47.2 Å². The molecule has 6 nitrogen and oxygen atoms in total. The SMILES string of the molecule is Cc1cc(F)ccc1C(=O)NC[C@H]1[C@H]2CN(c3cnccn3)C[C@]23CC[C@H]1O3. The van der Waals surface area contributed by atoms with Gasteiger partial charge in [-0.25, -0.2) is 9.37 Å². The molecule has 7 heteroatoms. The fourth-order valence-corrected chi connectivity index (χ4v) is 5.28. The molecular weight excluding hydrogens is 359 g/mol. The summed E-state index contributed by atoms with van der Waals surface area (Å²) in [7, 11) is 0. The number of carbonyl (C=O) groups is 1. The third-order valence-corrected chi connectivity index (χ3v) is 6.59. The number of hydrogen-bond acceptors (Lipinski definition) is 5. The van der Waals surface area contributed by atoms with Crippen molar-refractivity contribution in [1.82, 2.24) is 15.3 Å². The smallest absolute Gasteiger partial charge is 0.251 e. The monoisotopic (exact) mass is 382 g/mol. The molecule has 0 radical (unpaired) electrons. The van der Waals surface area contributed by atoms with E-state index >= 15 is 0 Å². The number of benzene rings is 1. The zero-order valence-corrected chi connectivity index (χ0v) is 15.8. The first-order chi connectivity index (χ1) is 13.6. The van der Waals surface area contributed by atoms with Crippen molar-refractivity contribution >= 4 is 11.7 Å². The lowest BCUT2D eigenvalue weighted by molar-refractivity contribution is 0.0141. The van der Waals surface area contributed by atoms with Crippen molar-refractivity contribution in [3.8, 4) is 0 Å². The number of nitrogens with one attached hydrogen (secondary N) is 1. The zero-order chi connectivity index (χ0) is 19.3. The summed E-state index contributed by atoms with van der Waals surface area (Å²) in [6, 6.07) is 4.26. The molecule has 28 heavy (non-hydrogen) atoms. The highest BCUT2D eigenvalue weighted by atomic mass is 19.1. The van der Waals surface area contributed by atoms with Crippen LogP contribution < -0.4 is 10.2 Å². The molecule has 4 atom stereocenters. The van der Waals surface area contributed by atoms with Crippen LogP contribution in [-0.2, 0) is 4.74 Å². The van der Waals surface area contributed by atoms with E-state index in [2.05, 4.69) is 20.2 Å². The predicted molar refractivity (Wildman–Crippen MR) is 102 cm³/mol. The van der Waals surface area contributed by atoms with Crippen molar-refractivity contribution in [2.45, 2.75) is 31.5 Å². The lowest BCUT2D eigenvalue weighted by Gasteiger charge is -2.29. The van der Waals surface area contributed by atoms with Crippen molar-refractivity contribution < 1.29 is 13.9 Å². The molecule has 2 bridgehead atoms. The molecule has 1 aromatic carbocycles. The summed E-state index contributed by atoms with van der Waals surface area (Å²) in [5.74, 6) is 1.04. The van der Waals surface area contributed by atoms with Crippen LogP contribution in [0.2, 0.25) is 0 Å². The Balaban J connectivity index is 1.29. The Kier molecular flexibility index (Phi) is 4.08. The van der Waals surface area contributed by atoms with Crippen LogP contribution >= 0.6 is 0 Å². The molecule has 0 unspecified atom stereocenters. The second-order valence-corrected chi connectivity index (χ2v) is 8.14. The number of nitrogens with zero attached hydrogens (tertiary/aromatic N) is 3. The third kappa shape index (κ3) is 2.76. The minimum Gasteiger partial charge on any atom is -0.369 e. The van der Waals surface area contributed by atoms with Gasteiger partial charge in [0.1, 0.15) is 11.6 Å². The molecule has 2 aromatic rings. The quantitative estimate of drug-likeness (QED) is 0.879. The first-order valence-electron chi connectivity index (χ1n) is 9.79. The second kappa shape index (κ2) is 6.51. The van der Waals surface area contributed by atoms with Gasteiger partial charge < -0.3 is 15.0 Å². The highest BCUT2D eigenvalue weighted by Crippen LogP contribution is 2.55.